The average Bonchev–Trinajstić information content (AvgIpc) is 3.05. The molecule has 0 spiro atoms. The SMILES string of the molecule is CNS(=O)(=O)c1cc(C(=O)Nc2cccc(N3CCCCC3)c2)n(C)c1. The Morgan fingerprint density at radius 1 is 1.12 bits per heavy atom. The van der Waals surface area contributed by atoms with Gasteiger partial charge in [0.2, 0.25) is 10.0 Å². The van der Waals surface area contributed by atoms with E-state index in [0.717, 1.165) is 18.8 Å². The van der Waals surface area contributed by atoms with Gasteiger partial charge in [-0.2, -0.15) is 0 Å². The van der Waals surface area contributed by atoms with E-state index in [9.17, 15) is 13.2 Å². The maximum Gasteiger partial charge on any atom is 0.272 e. The fourth-order valence-electron chi connectivity index (χ4n) is 3.15. The molecule has 0 radical (unpaired) electrons. The summed E-state index contributed by atoms with van der Waals surface area (Å²) in [5.41, 5.74) is 2.06. The van der Waals surface area contributed by atoms with Crippen molar-refractivity contribution in [3.63, 3.8) is 0 Å². The van der Waals surface area contributed by atoms with Crippen LogP contribution in [0.3, 0.4) is 0 Å². The summed E-state index contributed by atoms with van der Waals surface area (Å²) < 4.78 is 27.6. The van der Waals surface area contributed by atoms with Gasteiger partial charge in [0.15, 0.2) is 0 Å². The Morgan fingerprint density at radius 2 is 1.85 bits per heavy atom. The lowest BCUT2D eigenvalue weighted by Gasteiger charge is -2.29. The van der Waals surface area contributed by atoms with E-state index in [2.05, 4.69) is 14.9 Å². The van der Waals surface area contributed by atoms with Gasteiger partial charge in [-0.15, -0.1) is 0 Å². The lowest BCUT2D eigenvalue weighted by atomic mass is 10.1. The van der Waals surface area contributed by atoms with Gasteiger partial charge in [-0.05, 0) is 50.6 Å². The first kappa shape index (κ1) is 18.5. The van der Waals surface area contributed by atoms with E-state index in [4.69, 9.17) is 0 Å². The number of amides is 1. The van der Waals surface area contributed by atoms with Crippen molar-refractivity contribution in [2.75, 3.05) is 30.4 Å². The van der Waals surface area contributed by atoms with Gasteiger partial charge >= 0.3 is 0 Å². The molecule has 1 aliphatic rings. The van der Waals surface area contributed by atoms with Crippen molar-refractivity contribution in [2.45, 2.75) is 24.2 Å². The molecule has 1 amide bonds. The zero-order chi connectivity index (χ0) is 18.7. The minimum absolute atomic E-state index is 0.0646. The Kier molecular flexibility index (Phi) is 5.33. The van der Waals surface area contributed by atoms with Crippen molar-refractivity contribution in [2.24, 2.45) is 7.05 Å². The Morgan fingerprint density at radius 3 is 2.54 bits per heavy atom. The normalized spacial score (nSPS) is 15.1. The fourth-order valence-corrected chi connectivity index (χ4v) is 3.95. The first-order valence-corrected chi connectivity index (χ1v) is 10.2. The van der Waals surface area contributed by atoms with Crippen LogP contribution in [0.2, 0.25) is 0 Å². The summed E-state index contributed by atoms with van der Waals surface area (Å²) in [6, 6.07) is 9.12. The Labute approximate surface area is 154 Å². The van der Waals surface area contributed by atoms with Crippen LogP contribution >= 0.6 is 0 Å². The second-order valence-corrected chi connectivity index (χ2v) is 8.32. The largest absolute Gasteiger partial charge is 0.371 e. The van der Waals surface area contributed by atoms with Gasteiger partial charge in [0.25, 0.3) is 5.91 Å². The standard InChI is InChI=1S/C18H24N4O3S/c1-19-26(24,25)16-12-17(21(2)13-16)18(23)20-14-7-6-8-15(11-14)22-9-4-3-5-10-22/h6-8,11-13,19H,3-5,9-10H2,1-2H3,(H,20,23). The minimum atomic E-state index is -3.58. The Bertz CT molecular complexity index is 899. The molecule has 0 unspecified atom stereocenters. The fraction of sp³-hybridized carbons (Fsp3) is 0.389. The summed E-state index contributed by atoms with van der Waals surface area (Å²) in [6.07, 6.45) is 5.05. The van der Waals surface area contributed by atoms with Crippen molar-refractivity contribution >= 4 is 27.3 Å². The van der Waals surface area contributed by atoms with Crippen LogP contribution in [0.25, 0.3) is 0 Å². The lowest BCUT2D eigenvalue weighted by molar-refractivity contribution is 0.101. The number of aromatic nitrogens is 1. The number of nitrogens with zero attached hydrogens (tertiary/aromatic N) is 2. The molecule has 1 aromatic carbocycles. The molecule has 1 aromatic heterocycles. The number of sulfonamides is 1. The Balaban J connectivity index is 1.78. The number of nitrogens with one attached hydrogen (secondary N) is 2. The van der Waals surface area contributed by atoms with Crippen LogP contribution < -0.4 is 14.9 Å². The van der Waals surface area contributed by atoms with Gasteiger partial charge in [0.1, 0.15) is 10.6 Å². The third-order valence-corrected chi connectivity index (χ3v) is 6.00. The summed E-state index contributed by atoms with van der Waals surface area (Å²) >= 11 is 0. The van der Waals surface area contributed by atoms with Crippen LogP contribution in [0, 0.1) is 0 Å². The molecule has 8 heteroatoms. The number of piperidine rings is 1. The van der Waals surface area contributed by atoms with E-state index in [-0.39, 0.29) is 16.5 Å². The molecule has 7 nitrogen and oxygen atoms in total. The summed E-state index contributed by atoms with van der Waals surface area (Å²) in [7, 11) is -0.597. The van der Waals surface area contributed by atoms with Crippen molar-refractivity contribution < 1.29 is 13.2 Å². The second-order valence-electron chi connectivity index (χ2n) is 6.43. The van der Waals surface area contributed by atoms with E-state index in [1.807, 2.05) is 24.3 Å². The molecular formula is C18H24N4O3S. The molecule has 2 aromatic rings. The van der Waals surface area contributed by atoms with E-state index >= 15 is 0 Å². The van der Waals surface area contributed by atoms with Crippen molar-refractivity contribution in [1.82, 2.24) is 9.29 Å². The molecule has 1 aliphatic heterocycles. The highest BCUT2D eigenvalue weighted by molar-refractivity contribution is 7.89. The Hall–Kier alpha value is -2.32. The number of hydrogen-bond donors (Lipinski definition) is 2. The molecule has 140 valence electrons. The van der Waals surface area contributed by atoms with E-state index in [1.54, 1.807) is 7.05 Å². The molecule has 0 bridgehead atoms. The van der Waals surface area contributed by atoms with Gasteiger partial charge in [-0.1, -0.05) is 6.07 Å². The van der Waals surface area contributed by atoms with Crippen LogP contribution in [0.1, 0.15) is 29.8 Å². The molecule has 1 saturated heterocycles. The zero-order valence-electron chi connectivity index (χ0n) is 15.0. The highest BCUT2D eigenvalue weighted by atomic mass is 32.2. The number of hydrogen-bond acceptors (Lipinski definition) is 4. The maximum absolute atomic E-state index is 12.6. The quantitative estimate of drug-likeness (QED) is 0.838. The minimum Gasteiger partial charge on any atom is -0.371 e. The highest BCUT2D eigenvalue weighted by Gasteiger charge is 2.19. The van der Waals surface area contributed by atoms with Crippen molar-refractivity contribution in [1.29, 1.82) is 0 Å². The highest BCUT2D eigenvalue weighted by Crippen LogP contribution is 2.23. The van der Waals surface area contributed by atoms with Gasteiger partial charge < -0.3 is 14.8 Å². The first-order chi connectivity index (χ1) is 12.4. The molecular weight excluding hydrogens is 352 g/mol. The number of benzene rings is 1. The predicted molar refractivity (Wildman–Crippen MR) is 102 cm³/mol. The molecule has 0 saturated carbocycles. The summed E-state index contributed by atoms with van der Waals surface area (Å²) in [5, 5.41) is 2.86. The number of aryl methyl sites for hydroxylation is 1. The third kappa shape index (κ3) is 3.91. The van der Waals surface area contributed by atoms with Crippen LogP contribution in [0.5, 0.6) is 0 Å². The van der Waals surface area contributed by atoms with Crippen LogP contribution in [0.4, 0.5) is 11.4 Å². The van der Waals surface area contributed by atoms with Crippen molar-refractivity contribution in [3.8, 4) is 0 Å². The molecule has 0 atom stereocenters. The monoisotopic (exact) mass is 376 g/mol. The predicted octanol–water partition coefficient (Wildman–Crippen LogP) is 2.18. The van der Waals surface area contributed by atoms with E-state index < -0.39 is 10.0 Å². The van der Waals surface area contributed by atoms with E-state index in [1.165, 1.54) is 43.1 Å². The van der Waals surface area contributed by atoms with Gasteiger partial charge in [-0.3, -0.25) is 4.79 Å². The number of carbonyl (C=O) groups is 1. The topological polar surface area (TPSA) is 83.4 Å². The van der Waals surface area contributed by atoms with Gasteiger partial charge in [0, 0.05) is 37.7 Å². The maximum atomic E-state index is 12.6. The molecule has 26 heavy (non-hydrogen) atoms. The summed E-state index contributed by atoms with van der Waals surface area (Å²) in [4.78, 5) is 15.0. The molecule has 0 aliphatic carbocycles. The number of carbonyl (C=O) groups excluding carboxylic acids is 1. The molecule has 1 fully saturated rings. The molecule has 2 N–H and O–H groups in total. The molecule has 3 rings (SSSR count). The van der Waals surface area contributed by atoms with Gasteiger partial charge in [-0.25, -0.2) is 13.1 Å². The smallest absolute Gasteiger partial charge is 0.272 e. The van der Waals surface area contributed by atoms with E-state index in [0.29, 0.717) is 5.69 Å². The third-order valence-electron chi connectivity index (χ3n) is 4.62. The first-order valence-electron chi connectivity index (χ1n) is 8.67. The van der Waals surface area contributed by atoms with Crippen LogP contribution in [-0.2, 0) is 17.1 Å². The second kappa shape index (κ2) is 7.51. The van der Waals surface area contributed by atoms with Crippen LogP contribution in [0.15, 0.2) is 41.4 Å². The van der Waals surface area contributed by atoms with Crippen LogP contribution in [-0.4, -0.2) is 39.0 Å². The number of anilines is 2. The zero-order valence-corrected chi connectivity index (χ0v) is 15.8. The summed E-state index contributed by atoms with van der Waals surface area (Å²) in [6.45, 7) is 2.06. The average molecular weight is 376 g/mol. The van der Waals surface area contributed by atoms with Gasteiger partial charge in [0.05, 0.1) is 0 Å². The summed E-state index contributed by atoms with van der Waals surface area (Å²) in [5.74, 6) is -0.346. The number of rotatable bonds is 5. The lowest BCUT2D eigenvalue weighted by Crippen LogP contribution is -2.29. The molecule has 2 heterocycles. The van der Waals surface area contributed by atoms with Crippen molar-refractivity contribution in [3.05, 3.63) is 42.2 Å².